The molecule has 0 aromatic heterocycles. The molecule has 0 spiro atoms. The molecular weight excluding hydrogens is 286 g/mol. The molecule has 5 heteroatoms. The molecule has 0 aliphatic carbocycles. The lowest BCUT2D eigenvalue weighted by Crippen LogP contribution is -2.33. The summed E-state index contributed by atoms with van der Waals surface area (Å²) in [7, 11) is 0. The summed E-state index contributed by atoms with van der Waals surface area (Å²) in [6.07, 6.45) is 0. The fraction of sp³-hybridized carbons (Fsp3) is 0.235. The number of halogens is 2. The van der Waals surface area contributed by atoms with Gasteiger partial charge < -0.3 is 10.2 Å². The molecule has 1 amide bonds. The lowest BCUT2D eigenvalue weighted by Gasteiger charge is -2.22. The predicted octanol–water partition coefficient (Wildman–Crippen LogP) is 3.74. The van der Waals surface area contributed by atoms with Crippen molar-refractivity contribution in [2.45, 2.75) is 13.8 Å². The number of hydrogen-bond acceptors (Lipinski definition) is 2. The fourth-order valence-electron chi connectivity index (χ4n) is 2.16. The summed E-state index contributed by atoms with van der Waals surface area (Å²) in [5, 5.41) is 2.57. The number of anilines is 2. The molecule has 116 valence electrons. The molecule has 0 bridgehead atoms. The average Bonchev–Trinajstić information content (AvgIpc) is 2.48. The van der Waals surface area contributed by atoms with Crippen molar-refractivity contribution >= 4 is 17.3 Å². The smallest absolute Gasteiger partial charge is 0.243 e. The van der Waals surface area contributed by atoms with Gasteiger partial charge in [0.1, 0.15) is 0 Å². The van der Waals surface area contributed by atoms with Crippen molar-refractivity contribution in [3.05, 3.63) is 59.7 Å². The number of rotatable bonds is 5. The first kappa shape index (κ1) is 15.9. The maximum absolute atomic E-state index is 13.1. The number of carbonyl (C=O) groups is 1. The van der Waals surface area contributed by atoms with Crippen molar-refractivity contribution in [3.8, 4) is 0 Å². The molecule has 1 N–H and O–H groups in total. The van der Waals surface area contributed by atoms with Gasteiger partial charge in [-0.15, -0.1) is 0 Å². The number of likely N-dealkylation sites (N-methyl/N-ethyl adjacent to an activating group) is 1. The SMILES string of the molecule is CCN(CC(=O)Nc1ccc(F)c(F)c1)c1cccc(C)c1. The minimum absolute atomic E-state index is 0.138. The summed E-state index contributed by atoms with van der Waals surface area (Å²) in [5.41, 5.74) is 2.30. The topological polar surface area (TPSA) is 32.3 Å². The van der Waals surface area contributed by atoms with E-state index < -0.39 is 11.6 Å². The third kappa shape index (κ3) is 4.04. The van der Waals surface area contributed by atoms with E-state index in [1.165, 1.54) is 6.07 Å². The van der Waals surface area contributed by atoms with E-state index in [0.29, 0.717) is 6.54 Å². The molecule has 2 aromatic carbocycles. The van der Waals surface area contributed by atoms with E-state index in [0.717, 1.165) is 23.4 Å². The lowest BCUT2D eigenvalue weighted by atomic mass is 10.2. The van der Waals surface area contributed by atoms with Gasteiger partial charge in [-0.3, -0.25) is 4.79 Å². The van der Waals surface area contributed by atoms with Gasteiger partial charge >= 0.3 is 0 Å². The van der Waals surface area contributed by atoms with Crippen molar-refractivity contribution in [2.75, 3.05) is 23.3 Å². The van der Waals surface area contributed by atoms with E-state index >= 15 is 0 Å². The molecule has 2 rings (SSSR count). The number of nitrogens with one attached hydrogen (secondary N) is 1. The van der Waals surface area contributed by atoms with Crippen LogP contribution in [0.25, 0.3) is 0 Å². The van der Waals surface area contributed by atoms with E-state index in [9.17, 15) is 13.6 Å². The monoisotopic (exact) mass is 304 g/mol. The van der Waals surface area contributed by atoms with Gasteiger partial charge in [0.25, 0.3) is 0 Å². The van der Waals surface area contributed by atoms with Gasteiger partial charge in [0.05, 0.1) is 6.54 Å². The Balaban J connectivity index is 2.04. The maximum atomic E-state index is 13.1. The van der Waals surface area contributed by atoms with Gasteiger partial charge in [0.2, 0.25) is 5.91 Å². The molecule has 0 aliphatic heterocycles. The van der Waals surface area contributed by atoms with Crippen LogP contribution in [-0.4, -0.2) is 19.0 Å². The van der Waals surface area contributed by atoms with Gasteiger partial charge in [-0.05, 0) is 43.7 Å². The summed E-state index contributed by atoms with van der Waals surface area (Å²) in [4.78, 5) is 14.0. The Morgan fingerprint density at radius 1 is 1.14 bits per heavy atom. The van der Waals surface area contributed by atoms with E-state index in [-0.39, 0.29) is 18.1 Å². The molecule has 0 saturated carbocycles. The highest BCUT2D eigenvalue weighted by atomic mass is 19.2. The zero-order chi connectivity index (χ0) is 16.1. The van der Waals surface area contributed by atoms with Gasteiger partial charge in [-0.2, -0.15) is 0 Å². The first-order valence-electron chi connectivity index (χ1n) is 7.06. The predicted molar refractivity (Wildman–Crippen MR) is 84.1 cm³/mol. The summed E-state index contributed by atoms with van der Waals surface area (Å²) in [5.74, 6) is -2.20. The van der Waals surface area contributed by atoms with E-state index in [1.54, 1.807) is 0 Å². The van der Waals surface area contributed by atoms with Crippen LogP contribution in [0, 0.1) is 18.6 Å². The van der Waals surface area contributed by atoms with Gasteiger partial charge in [-0.1, -0.05) is 12.1 Å². The molecule has 0 fully saturated rings. The van der Waals surface area contributed by atoms with E-state index in [1.807, 2.05) is 43.0 Å². The van der Waals surface area contributed by atoms with Crippen LogP contribution in [0.4, 0.5) is 20.2 Å². The summed E-state index contributed by atoms with van der Waals surface area (Å²) in [6.45, 7) is 4.74. The first-order chi connectivity index (χ1) is 10.5. The molecule has 0 unspecified atom stereocenters. The molecule has 2 aromatic rings. The Bertz CT molecular complexity index is 673. The summed E-state index contributed by atoms with van der Waals surface area (Å²) >= 11 is 0. The Hall–Kier alpha value is -2.43. The third-order valence-corrected chi connectivity index (χ3v) is 3.29. The minimum atomic E-state index is -0.983. The van der Waals surface area contributed by atoms with E-state index in [4.69, 9.17) is 0 Å². The van der Waals surface area contributed by atoms with Crippen LogP contribution in [0.5, 0.6) is 0 Å². The molecule has 0 atom stereocenters. The average molecular weight is 304 g/mol. The van der Waals surface area contributed by atoms with E-state index in [2.05, 4.69) is 5.32 Å². The van der Waals surface area contributed by atoms with Crippen LogP contribution in [0.3, 0.4) is 0 Å². The van der Waals surface area contributed by atoms with Crippen molar-refractivity contribution < 1.29 is 13.6 Å². The number of hydrogen-bond donors (Lipinski definition) is 1. The number of amides is 1. The molecule has 0 radical (unpaired) electrons. The van der Waals surface area contributed by atoms with Crippen molar-refractivity contribution in [2.24, 2.45) is 0 Å². The Morgan fingerprint density at radius 2 is 1.91 bits per heavy atom. The molecule has 22 heavy (non-hydrogen) atoms. The molecule has 3 nitrogen and oxygen atoms in total. The second-order valence-electron chi connectivity index (χ2n) is 5.03. The normalized spacial score (nSPS) is 10.4. The number of aryl methyl sites for hydroxylation is 1. The first-order valence-corrected chi connectivity index (χ1v) is 7.06. The second kappa shape index (κ2) is 7.02. The number of nitrogens with zero attached hydrogens (tertiary/aromatic N) is 1. The van der Waals surface area contributed by atoms with Gasteiger partial charge in [0, 0.05) is 24.0 Å². The minimum Gasteiger partial charge on any atom is -0.362 e. The lowest BCUT2D eigenvalue weighted by molar-refractivity contribution is -0.115. The van der Waals surface area contributed by atoms with Gasteiger partial charge in [0.15, 0.2) is 11.6 Å². The highest BCUT2D eigenvalue weighted by Crippen LogP contribution is 2.16. The Labute approximate surface area is 128 Å². The van der Waals surface area contributed by atoms with Crippen molar-refractivity contribution in [1.82, 2.24) is 0 Å². The largest absolute Gasteiger partial charge is 0.362 e. The highest BCUT2D eigenvalue weighted by Gasteiger charge is 2.11. The van der Waals surface area contributed by atoms with Crippen LogP contribution in [-0.2, 0) is 4.79 Å². The van der Waals surface area contributed by atoms with Crippen LogP contribution in [0.2, 0.25) is 0 Å². The highest BCUT2D eigenvalue weighted by molar-refractivity contribution is 5.94. The zero-order valence-electron chi connectivity index (χ0n) is 12.6. The number of benzene rings is 2. The third-order valence-electron chi connectivity index (χ3n) is 3.29. The summed E-state index contributed by atoms with van der Waals surface area (Å²) < 4.78 is 26.0. The molecular formula is C17H18F2N2O. The quantitative estimate of drug-likeness (QED) is 0.912. The second-order valence-corrected chi connectivity index (χ2v) is 5.03. The fourth-order valence-corrected chi connectivity index (χ4v) is 2.16. The van der Waals surface area contributed by atoms with Gasteiger partial charge in [-0.25, -0.2) is 8.78 Å². The van der Waals surface area contributed by atoms with Crippen LogP contribution in [0.1, 0.15) is 12.5 Å². The summed E-state index contributed by atoms with van der Waals surface area (Å²) in [6, 6.07) is 11.1. The Kier molecular flexibility index (Phi) is 5.09. The van der Waals surface area contributed by atoms with Crippen LogP contribution >= 0.6 is 0 Å². The van der Waals surface area contributed by atoms with Crippen LogP contribution < -0.4 is 10.2 Å². The molecule has 0 heterocycles. The zero-order valence-corrected chi connectivity index (χ0v) is 12.6. The standard InChI is InChI=1S/C17H18F2N2O/c1-3-21(14-6-4-5-12(2)9-14)11-17(22)20-13-7-8-15(18)16(19)10-13/h4-10H,3,11H2,1-2H3,(H,20,22). The molecule has 0 saturated heterocycles. The molecule has 0 aliphatic rings. The number of carbonyl (C=O) groups excluding carboxylic acids is 1. The maximum Gasteiger partial charge on any atom is 0.243 e. The van der Waals surface area contributed by atoms with Crippen molar-refractivity contribution in [1.29, 1.82) is 0 Å². The van der Waals surface area contributed by atoms with Crippen LogP contribution in [0.15, 0.2) is 42.5 Å². The van der Waals surface area contributed by atoms with Crippen molar-refractivity contribution in [3.63, 3.8) is 0 Å². The Morgan fingerprint density at radius 3 is 2.55 bits per heavy atom.